The van der Waals surface area contributed by atoms with Gasteiger partial charge < -0.3 is 4.90 Å². The van der Waals surface area contributed by atoms with E-state index in [1.54, 1.807) is 0 Å². The van der Waals surface area contributed by atoms with E-state index in [-0.39, 0.29) is 5.41 Å². The molecular weight excluding hydrogens is 232 g/mol. The number of rotatable bonds is 3. The van der Waals surface area contributed by atoms with Gasteiger partial charge in [-0.15, -0.1) is 0 Å². The van der Waals surface area contributed by atoms with Gasteiger partial charge in [-0.3, -0.25) is 4.90 Å². The monoisotopic (exact) mass is 264 g/mol. The maximum Gasteiger partial charge on any atom is 0.0602 e. The minimum absolute atomic E-state index is 0.133. The van der Waals surface area contributed by atoms with Gasteiger partial charge in [0.1, 0.15) is 0 Å². The molecule has 110 valence electrons. The van der Waals surface area contributed by atoms with Crippen molar-refractivity contribution in [3.8, 4) is 11.8 Å². The predicted octanol–water partition coefficient (Wildman–Crippen LogP) is 3.09. The van der Waals surface area contributed by atoms with Crippen LogP contribution in [0.2, 0.25) is 0 Å². The van der Waals surface area contributed by atoms with Crippen molar-refractivity contribution in [2.45, 2.75) is 48.0 Å². The highest BCUT2D eigenvalue weighted by atomic mass is 15.3. The largest absolute Gasteiger partial charge is 0.301 e. The molecule has 0 atom stereocenters. The Balaban J connectivity index is 2.23. The van der Waals surface area contributed by atoms with Gasteiger partial charge in [-0.25, -0.2) is 0 Å². The van der Waals surface area contributed by atoms with Gasteiger partial charge in [0, 0.05) is 31.6 Å². The number of piperazine rings is 1. The van der Waals surface area contributed by atoms with Gasteiger partial charge in [0.05, 0.1) is 6.54 Å². The molecule has 0 aromatic carbocycles. The molecule has 1 rings (SSSR count). The summed E-state index contributed by atoms with van der Waals surface area (Å²) in [5, 5.41) is 0. The topological polar surface area (TPSA) is 6.48 Å². The lowest BCUT2D eigenvalue weighted by molar-refractivity contribution is 0.131. The van der Waals surface area contributed by atoms with Crippen LogP contribution < -0.4 is 0 Å². The maximum absolute atomic E-state index is 3.32. The second-order valence-electron chi connectivity index (χ2n) is 7.98. The molecule has 0 spiro atoms. The van der Waals surface area contributed by atoms with E-state index in [4.69, 9.17) is 0 Å². The zero-order chi connectivity index (χ0) is 14.5. The first-order valence-electron chi connectivity index (χ1n) is 7.60. The molecule has 1 heterocycles. The summed E-state index contributed by atoms with van der Waals surface area (Å²) in [6.07, 6.45) is 1.29. The summed E-state index contributed by atoms with van der Waals surface area (Å²) in [6.45, 7) is 20.4. The SMILES string of the molecule is CC(C)(C)C#CCN1CCN(CCC(C)(C)C)CC1. The molecule has 1 aliphatic rings. The Hall–Kier alpha value is -0.520. The Morgan fingerprint density at radius 1 is 0.842 bits per heavy atom. The van der Waals surface area contributed by atoms with E-state index in [0.717, 1.165) is 6.54 Å². The molecule has 1 fully saturated rings. The minimum Gasteiger partial charge on any atom is -0.301 e. The van der Waals surface area contributed by atoms with Gasteiger partial charge in [-0.1, -0.05) is 32.6 Å². The van der Waals surface area contributed by atoms with Crippen molar-refractivity contribution in [1.82, 2.24) is 9.80 Å². The molecule has 0 unspecified atom stereocenters. The maximum atomic E-state index is 3.32. The minimum atomic E-state index is 0.133. The van der Waals surface area contributed by atoms with Crippen LogP contribution >= 0.6 is 0 Å². The summed E-state index contributed by atoms with van der Waals surface area (Å²) in [5.41, 5.74) is 0.587. The Labute approximate surface area is 120 Å². The summed E-state index contributed by atoms with van der Waals surface area (Å²) < 4.78 is 0. The van der Waals surface area contributed by atoms with E-state index in [1.165, 1.54) is 39.1 Å². The first-order valence-corrected chi connectivity index (χ1v) is 7.60. The smallest absolute Gasteiger partial charge is 0.0602 e. The van der Waals surface area contributed by atoms with Gasteiger partial charge in [0.25, 0.3) is 0 Å². The molecule has 19 heavy (non-hydrogen) atoms. The lowest BCUT2D eigenvalue weighted by atomic mass is 9.92. The van der Waals surface area contributed by atoms with E-state index in [2.05, 4.69) is 63.2 Å². The van der Waals surface area contributed by atoms with Crippen molar-refractivity contribution in [3.63, 3.8) is 0 Å². The third-order valence-electron chi connectivity index (χ3n) is 3.41. The van der Waals surface area contributed by atoms with Crippen molar-refractivity contribution in [3.05, 3.63) is 0 Å². The van der Waals surface area contributed by atoms with E-state index in [1.807, 2.05) is 0 Å². The molecule has 0 aromatic rings. The Morgan fingerprint density at radius 2 is 1.37 bits per heavy atom. The van der Waals surface area contributed by atoms with Crippen molar-refractivity contribution >= 4 is 0 Å². The highest BCUT2D eigenvalue weighted by Crippen LogP contribution is 2.19. The van der Waals surface area contributed by atoms with Crippen molar-refractivity contribution in [1.29, 1.82) is 0 Å². The standard InChI is InChI=1S/C17H32N2/c1-16(2,3)8-7-10-18-12-14-19(15-13-18)11-9-17(4,5)6/h9-15H2,1-6H3. The van der Waals surface area contributed by atoms with Crippen LogP contribution in [0.4, 0.5) is 0 Å². The highest BCUT2D eigenvalue weighted by Gasteiger charge is 2.18. The lowest BCUT2D eigenvalue weighted by Gasteiger charge is -2.35. The van der Waals surface area contributed by atoms with Gasteiger partial charge in [-0.05, 0) is 39.2 Å². The molecule has 1 aliphatic heterocycles. The fraction of sp³-hybridized carbons (Fsp3) is 0.882. The molecule has 0 saturated carbocycles. The molecule has 0 bridgehead atoms. The van der Waals surface area contributed by atoms with Gasteiger partial charge in [0.15, 0.2) is 0 Å². The predicted molar refractivity (Wildman–Crippen MR) is 84.2 cm³/mol. The average Bonchev–Trinajstić information content (AvgIpc) is 2.25. The molecule has 2 heteroatoms. The zero-order valence-corrected chi connectivity index (χ0v) is 13.8. The molecule has 1 saturated heterocycles. The molecule has 0 aliphatic carbocycles. The molecule has 0 aromatic heterocycles. The van der Waals surface area contributed by atoms with E-state index >= 15 is 0 Å². The van der Waals surface area contributed by atoms with Crippen LogP contribution in [-0.4, -0.2) is 49.1 Å². The highest BCUT2D eigenvalue weighted by molar-refractivity contribution is 5.08. The third kappa shape index (κ3) is 8.29. The Kier molecular flexibility index (Phi) is 5.89. The van der Waals surface area contributed by atoms with Crippen LogP contribution in [-0.2, 0) is 0 Å². The quantitative estimate of drug-likeness (QED) is 0.723. The van der Waals surface area contributed by atoms with Crippen LogP contribution in [0.5, 0.6) is 0 Å². The molecule has 2 nitrogen and oxygen atoms in total. The van der Waals surface area contributed by atoms with Gasteiger partial charge in [0.2, 0.25) is 0 Å². The second kappa shape index (κ2) is 6.77. The van der Waals surface area contributed by atoms with Crippen LogP contribution in [0.25, 0.3) is 0 Å². The Bertz CT molecular complexity index is 314. The second-order valence-corrected chi connectivity index (χ2v) is 7.98. The summed E-state index contributed by atoms with van der Waals surface area (Å²) in [7, 11) is 0. The van der Waals surface area contributed by atoms with Crippen LogP contribution in [0.1, 0.15) is 48.0 Å². The number of hydrogen-bond donors (Lipinski definition) is 0. The van der Waals surface area contributed by atoms with Gasteiger partial charge >= 0.3 is 0 Å². The van der Waals surface area contributed by atoms with E-state index < -0.39 is 0 Å². The van der Waals surface area contributed by atoms with Crippen LogP contribution in [0.3, 0.4) is 0 Å². The normalized spacial score (nSPS) is 19.1. The summed E-state index contributed by atoms with van der Waals surface area (Å²) in [5.74, 6) is 6.64. The zero-order valence-electron chi connectivity index (χ0n) is 13.8. The van der Waals surface area contributed by atoms with Crippen molar-refractivity contribution in [2.24, 2.45) is 10.8 Å². The average molecular weight is 264 g/mol. The van der Waals surface area contributed by atoms with Crippen molar-refractivity contribution in [2.75, 3.05) is 39.3 Å². The van der Waals surface area contributed by atoms with Gasteiger partial charge in [-0.2, -0.15) is 0 Å². The van der Waals surface area contributed by atoms with Crippen molar-refractivity contribution < 1.29 is 0 Å². The molecule has 0 amide bonds. The van der Waals surface area contributed by atoms with E-state index in [9.17, 15) is 0 Å². The summed E-state index contributed by atoms with van der Waals surface area (Å²) >= 11 is 0. The van der Waals surface area contributed by atoms with Crippen LogP contribution in [0, 0.1) is 22.7 Å². The fourth-order valence-corrected chi connectivity index (χ4v) is 2.08. The summed E-state index contributed by atoms with van der Waals surface area (Å²) in [4.78, 5) is 5.07. The number of hydrogen-bond acceptors (Lipinski definition) is 2. The Morgan fingerprint density at radius 3 is 1.84 bits per heavy atom. The molecule has 0 N–H and O–H groups in total. The molecular formula is C17H32N2. The van der Waals surface area contributed by atoms with Crippen LogP contribution in [0.15, 0.2) is 0 Å². The third-order valence-corrected chi connectivity index (χ3v) is 3.41. The lowest BCUT2D eigenvalue weighted by Crippen LogP contribution is -2.47. The first kappa shape index (κ1) is 16.5. The molecule has 0 radical (unpaired) electrons. The number of nitrogens with zero attached hydrogens (tertiary/aromatic N) is 2. The first-order chi connectivity index (χ1) is 8.66. The fourth-order valence-electron chi connectivity index (χ4n) is 2.08. The summed E-state index contributed by atoms with van der Waals surface area (Å²) in [6, 6.07) is 0. The van der Waals surface area contributed by atoms with E-state index in [0.29, 0.717) is 5.41 Å².